The Kier molecular flexibility index (Phi) is 1.99. The standard InChI is InChI=1S/C12H13ClN2/c1-8-5-9-3-2-4-15-11(7-13)14-10(6-8)12(9)15/h5-6H,2-4,7H2,1H3. The van der Waals surface area contributed by atoms with Gasteiger partial charge < -0.3 is 4.57 Å². The summed E-state index contributed by atoms with van der Waals surface area (Å²) >= 11 is 5.92. The van der Waals surface area contributed by atoms with Crippen LogP contribution in [0, 0.1) is 6.92 Å². The average molecular weight is 221 g/mol. The van der Waals surface area contributed by atoms with E-state index >= 15 is 0 Å². The maximum absolute atomic E-state index is 5.92. The molecule has 78 valence electrons. The first-order valence-electron chi connectivity index (χ1n) is 5.34. The fourth-order valence-corrected chi connectivity index (χ4v) is 2.72. The van der Waals surface area contributed by atoms with Crippen LogP contribution in [0.3, 0.4) is 0 Å². The average Bonchev–Trinajstić information content (AvgIpc) is 2.58. The van der Waals surface area contributed by atoms with Gasteiger partial charge in [0.15, 0.2) is 0 Å². The lowest BCUT2D eigenvalue weighted by molar-refractivity contribution is 0.614. The Morgan fingerprint density at radius 1 is 1.47 bits per heavy atom. The molecule has 0 amide bonds. The molecule has 0 radical (unpaired) electrons. The number of benzene rings is 1. The van der Waals surface area contributed by atoms with Crippen molar-refractivity contribution in [2.24, 2.45) is 0 Å². The lowest BCUT2D eigenvalue weighted by Crippen LogP contribution is -2.09. The van der Waals surface area contributed by atoms with Crippen molar-refractivity contribution in [3.05, 3.63) is 29.1 Å². The van der Waals surface area contributed by atoms with E-state index in [1.165, 1.54) is 29.5 Å². The van der Waals surface area contributed by atoms with Gasteiger partial charge in [-0.3, -0.25) is 0 Å². The topological polar surface area (TPSA) is 17.8 Å². The van der Waals surface area contributed by atoms with E-state index in [-0.39, 0.29) is 0 Å². The predicted molar refractivity (Wildman–Crippen MR) is 62.3 cm³/mol. The van der Waals surface area contributed by atoms with E-state index in [4.69, 9.17) is 11.6 Å². The Bertz CT molecular complexity index is 528. The van der Waals surface area contributed by atoms with E-state index in [1.807, 2.05) is 0 Å². The van der Waals surface area contributed by atoms with E-state index in [0.717, 1.165) is 17.9 Å². The van der Waals surface area contributed by atoms with E-state index in [0.29, 0.717) is 5.88 Å². The normalized spacial score (nSPS) is 14.8. The SMILES string of the molecule is Cc1cc2c3c(c1)nc(CCl)n3CCC2. The first-order chi connectivity index (χ1) is 7.29. The van der Waals surface area contributed by atoms with Crippen LogP contribution in [-0.4, -0.2) is 9.55 Å². The van der Waals surface area contributed by atoms with Crippen LogP contribution in [0.25, 0.3) is 11.0 Å². The first-order valence-corrected chi connectivity index (χ1v) is 5.87. The highest BCUT2D eigenvalue weighted by Crippen LogP contribution is 2.28. The van der Waals surface area contributed by atoms with Gasteiger partial charge in [0.2, 0.25) is 0 Å². The molecule has 1 aromatic heterocycles. The molecule has 0 bridgehead atoms. The summed E-state index contributed by atoms with van der Waals surface area (Å²) in [6, 6.07) is 4.42. The smallest absolute Gasteiger partial charge is 0.124 e. The van der Waals surface area contributed by atoms with Gasteiger partial charge in [0.1, 0.15) is 5.82 Å². The van der Waals surface area contributed by atoms with Crippen molar-refractivity contribution in [1.82, 2.24) is 9.55 Å². The first kappa shape index (κ1) is 9.22. The van der Waals surface area contributed by atoms with E-state index in [2.05, 4.69) is 28.6 Å². The second-order valence-corrected chi connectivity index (χ2v) is 4.48. The summed E-state index contributed by atoms with van der Waals surface area (Å²) < 4.78 is 2.28. The molecule has 3 rings (SSSR count). The number of nitrogens with zero attached hydrogens (tertiary/aromatic N) is 2. The van der Waals surface area contributed by atoms with Crippen LogP contribution < -0.4 is 0 Å². The van der Waals surface area contributed by atoms with Crippen LogP contribution in [-0.2, 0) is 18.8 Å². The van der Waals surface area contributed by atoms with Crippen molar-refractivity contribution in [3.8, 4) is 0 Å². The van der Waals surface area contributed by atoms with Gasteiger partial charge >= 0.3 is 0 Å². The van der Waals surface area contributed by atoms with Gasteiger partial charge in [-0.05, 0) is 37.0 Å². The largest absolute Gasteiger partial charge is 0.327 e. The lowest BCUT2D eigenvalue weighted by atomic mass is 10.0. The number of hydrogen-bond donors (Lipinski definition) is 0. The number of alkyl halides is 1. The summed E-state index contributed by atoms with van der Waals surface area (Å²) in [5.41, 5.74) is 5.15. The molecular weight excluding hydrogens is 208 g/mol. The fraction of sp³-hybridized carbons (Fsp3) is 0.417. The number of rotatable bonds is 1. The minimum atomic E-state index is 0.507. The second-order valence-electron chi connectivity index (χ2n) is 4.21. The highest BCUT2D eigenvalue weighted by atomic mass is 35.5. The Labute approximate surface area is 93.9 Å². The summed E-state index contributed by atoms with van der Waals surface area (Å²) in [6.07, 6.45) is 2.37. The van der Waals surface area contributed by atoms with Crippen LogP contribution in [0.15, 0.2) is 12.1 Å². The van der Waals surface area contributed by atoms with Crippen LogP contribution in [0.5, 0.6) is 0 Å². The van der Waals surface area contributed by atoms with Gasteiger partial charge in [-0.25, -0.2) is 4.98 Å². The molecule has 0 fully saturated rings. The molecular formula is C12H13ClN2. The zero-order chi connectivity index (χ0) is 10.4. The van der Waals surface area contributed by atoms with Gasteiger partial charge in [0.25, 0.3) is 0 Å². The molecule has 3 heteroatoms. The maximum Gasteiger partial charge on any atom is 0.124 e. The Hall–Kier alpha value is -1.02. The molecule has 2 aromatic rings. The molecule has 0 saturated carbocycles. The fourth-order valence-electron chi connectivity index (χ4n) is 2.52. The lowest BCUT2D eigenvalue weighted by Gasteiger charge is -2.16. The van der Waals surface area contributed by atoms with Crippen molar-refractivity contribution in [3.63, 3.8) is 0 Å². The number of halogens is 1. The molecule has 2 heterocycles. The highest BCUT2D eigenvalue weighted by molar-refractivity contribution is 6.16. The van der Waals surface area contributed by atoms with Crippen LogP contribution in [0.4, 0.5) is 0 Å². The molecule has 15 heavy (non-hydrogen) atoms. The minimum absolute atomic E-state index is 0.507. The summed E-state index contributed by atoms with van der Waals surface area (Å²) in [7, 11) is 0. The molecule has 0 unspecified atom stereocenters. The van der Waals surface area contributed by atoms with Crippen molar-refractivity contribution in [2.75, 3.05) is 0 Å². The van der Waals surface area contributed by atoms with Crippen LogP contribution >= 0.6 is 11.6 Å². The zero-order valence-electron chi connectivity index (χ0n) is 8.76. The zero-order valence-corrected chi connectivity index (χ0v) is 9.51. The molecule has 0 aliphatic carbocycles. The van der Waals surface area contributed by atoms with Crippen molar-refractivity contribution in [2.45, 2.75) is 32.2 Å². The maximum atomic E-state index is 5.92. The number of aryl methyl sites for hydroxylation is 3. The third kappa shape index (κ3) is 1.28. The van der Waals surface area contributed by atoms with Gasteiger partial charge in [0, 0.05) is 6.54 Å². The summed E-state index contributed by atoms with van der Waals surface area (Å²) in [5, 5.41) is 0. The molecule has 0 atom stereocenters. The van der Waals surface area contributed by atoms with Crippen molar-refractivity contribution in [1.29, 1.82) is 0 Å². The second kappa shape index (κ2) is 3.24. The van der Waals surface area contributed by atoms with E-state index in [9.17, 15) is 0 Å². The van der Waals surface area contributed by atoms with Crippen molar-refractivity contribution >= 4 is 22.6 Å². The molecule has 2 nitrogen and oxygen atoms in total. The van der Waals surface area contributed by atoms with E-state index in [1.54, 1.807) is 0 Å². The third-order valence-electron chi connectivity index (χ3n) is 3.09. The van der Waals surface area contributed by atoms with Gasteiger partial charge in [-0.15, -0.1) is 11.6 Å². The van der Waals surface area contributed by atoms with Crippen LogP contribution in [0.1, 0.15) is 23.4 Å². The van der Waals surface area contributed by atoms with Crippen LogP contribution in [0.2, 0.25) is 0 Å². The molecule has 1 aliphatic heterocycles. The molecule has 0 spiro atoms. The van der Waals surface area contributed by atoms with Gasteiger partial charge in [-0.1, -0.05) is 6.07 Å². The Balaban J connectivity index is 2.41. The Morgan fingerprint density at radius 3 is 3.13 bits per heavy atom. The van der Waals surface area contributed by atoms with Gasteiger partial charge in [-0.2, -0.15) is 0 Å². The highest BCUT2D eigenvalue weighted by Gasteiger charge is 2.17. The monoisotopic (exact) mass is 220 g/mol. The number of aromatic nitrogens is 2. The number of hydrogen-bond acceptors (Lipinski definition) is 1. The summed E-state index contributed by atoms with van der Waals surface area (Å²) in [5.74, 6) is 1.52. The third-order valence-corrected chi connectivity index (χ3v) is 3.33. The quantitative estimate of drug-likeness (QED) is 0.676. The summed E-state index contributed by atoms with van der Waals surface area (Å²) in [6.45, 7) is 3.19. The van der Waals surface area contributed by atoms with E-state index < -0.39 is 0 Å². The summed E-state index contributed by atoms with van der Waals surface area (Å²) in [4.78, 5) is 4.59. The Morgan fingerprint density at radius 2 is 2.33 bits per heavy atom. The molecule has 1 aliphatic rings. The van der Waals surface area contributed by atoms with Crippen molar-refractivity contribution < 1.29 is 0 Å². The van der Waals surface area contributed by atoms with Gasteiger partial charge in [0.05, 0.1) is 16.9 Å². The number of imidazole rings is 1. The molecule has 0 N–H and O–H groups in total. The molecule has 0 saturated heterocycles. The predicted octanol–water partition coefficient (Wildman–Crippen LogP) is 3.03. The minimum Gasteiger partial charge on any atom is -0.327 e. The molecule has 1 aromatic carbocycles.